The summed E-state index contributed by atoms with van der Waals surface area (Å²) in [6.07, 6.45) is 0. The van der Waals surface area contributed by atoms with Crippen LogP contribution in [-0.4, -0.2) is 33.9 Å². The standard InChI is InChI=1S/C21H19FN2O5S2/c1-14-9-10-15(21(26)29-2)12-17(14)23-19(25)13-24(18-7-4-3-6-16(18)22)31(27,28)20-8-5-11-30-20/h3-12H,13H2,1-2H3,(H,23,25). The molecule has 2 aromatic carbocycles. The number of nitrogens with zero attached hydrogens (tertiary/aromatic N) is 1. The van der Waals surface area contributed by atoms with Gasteiger partial charge < -0.3 is 10.1 Å². The second-order valence-electron chi connectivity index (χ2n) is 6.46. The molecular formula is C21H19FN2O5S2. The molecule has 0 aliphatic rings. The number of esters is 1. The van der Waals surface area contributed by atoms with Crippen molar-refractivity contribution in [3.05, 3.63) is 76.9 Å². The van der Waals surface area contributed by atoms with Gasteiger partial charge in [0.05, 0.1) is 18.4 Å². The lowest BCUT2D eigenvalue weighted by Crippen LogP contribution is -2.38. The van der Waals surface area contributed by atoms with E-state index < -0.39 is 34.3 Å². The number of halogens is 1. The van der Waals surface area contributed by atoms with Gasteiger partial charge in [-0.05, 0) is 48.2 Å². The molecule has 3 rings (SSSR count). The van der Waals surface area contributed by atoms with Gasteiger partial charge in [0.25, 0.3) is 10.0 Å². The minimum absolute atomic E-state index is 0.0209. The van der Waals surface area contributed by atoms with Crippen LogP contribution in [0.15, 0.2) is 64.2 Å². The van der Waals surface area contributed by atoms with Crippen molar-refractivity contribution in [2.45, 2.75) is 11.1 Å². The molecule has 31 heavy (non-hydrogen) atoms. The first-order valence-corrected chi connectivity index (χ1v) is 11.4. The van der Waals surface area contributed by atoms with Crippen LogP contribution in [0.4, 0.5) is 15.8 Å². The number of para-hydroxylation sites is 1. The predicted molar refractivity (Wildman–Crippen MR) is 116 cm³/mol. The number of amides is 1. The van der Waals surface area contributed by atoms with Crippen LogP contribution in [0.25, 0.3) is 0 Å². The topological polar surface area (TPSA) is 92.8 Å². The van der Waals surface area contributed by atoms with E-state index in [1.165, 1.54) is 37.4 Å². The molecule has 0 unspecified atom stereocenters. The highest BCUT2D eigenvalue weighted by molar-refractivity contribution is 7.94. The molecule has 0 radical (unpaired) electrons. The number of nitrogens with one attached hydrogen (secondary N) is 1. The van der Waals surface area contributed by atoms with E-state index >= 15 is 0 Å². The molecule has 0 aliphatic carbocycles. The number of rotatable bonds is 7. The van der Waals surface area contributed by atoms with Crippen molar-refractivity contribution in [1.82, 2.24) is 0 Å². The van der Waals surface area contributed by atoms with Crippen molar-refractivity contribution < 1.29 is 27.1 Å². The Morgan fingerprint density at radius 3 is 2.52 bits per heavy atom. The summed E-state index contributed by atoms with van der Waals surface area (Å²) in [5.74, 6) is -2.06. The Kier molecular flexibility index (Phi) is 6.71. The van der Waals surface area contributed by atoms with Gasteiger partial charge in [-0.2, -0.15) is 0 Å². The normalized spacial score (nSPS) is 11.1. The van der Waals surface area contributed by atoms with Gasteiger partial charge in [0, 0.05) is 5.69 Å². The Labute approximate surface area is 183 Å². The summed E-state index contributed by atoms with van der Waals surface area (Å²) in [6, 6.07) is 12.9. The lowest BCUT2D eigenvalue weighted by atomic mass is 10.1. The molecule has 0 atom stereocenters. The van der Waals surface area contributed by atoms with Crippen LogP contribution >= 0.6 is 11.3 Å². The number of sulfonamides is 1. The van der Waals surface area contributed by atoms with Crippen molar-refractivity contribution in [3.63, 3.8) is 0 Å². The van der Waals surface area contributed by atoms with Gasteiger partial charge in [0.2, 0.25) is 5.91 Å². The van der Waals surface area contributed by atoms with Gasteiger partial charge in [-0.25, -0.2) is 17.6 Å². The Hall–Kier alpha value is -3.24. The number of hydrogen-bond acceptors (Lipinski definition) is 6. The minimum Gasteiger partial charge on any atom is -0.465 e. The largest absolute Gasteiger partial charge is 0.465 e. The fraction of sp³-hybridized carbons (Fsp3) is 0.143. The van der Waals surface area contributed by atoms with Crippen LogP contribution in [0.1, 0.15) is 15.9 Å². The first-order valence-electron chi connectivity index (χ1n) is 9.03. The molecule has 1 aromatic heterocycles. The molecule has 1 heterocycles. The van der Waals surface area contributed by atoms with Crippen molar-refractivity contribution in [3.8, 4) is 0 Å². The number of aryl methyl sites for hydroxylation is 1. The van der Waals surface area contributed by atoms with Gasteiger partial charge in [-0.15, -0.1) is 11.3 Å². The highest BCUT2D eigenvalue weighted by atomic mass is 32.2. The zero-order valence-electron chi connectivity index (χ0n) is 16.7. The molecule has 7 nitrogen and oxygen atoms in total. The fourth-order valence-electron chi connectivity index (χ4n) is 2.79. The van der Waals surface area contributed by atoms with Crippen LogP contribution in [0.5, 0.6) is 0 Å². The smallest absolute Gasteiger partial charge is 0.337 e. The van der Waals surface area contributed by atoms with Gasteiger partial charge in [-0.1, -0.05) is 24.3 Å². The molecule has 0 fully saturated rings. The Morgan fingerprint density at radius 1 is 1.13 bits per heavy atom. The van der Waals surface area contributed by atoms with Gasteiger partial charge in [0.1, 0.15) is 16.6 Å². The molecule has 0 aliphatic heterocycles. The fourth-order valence-corrected chi connectivity index (χ4v) is 5.33. The van der Waals surface area contributed by atoms with Gasteiger partial charge >= 0.3 is 5.97 Å². The van der Waals surface area contributed by atoms with Crippen LogP contribution in [0.3, 0.4) is 0 Å². The predicted octanol–water partition coefficient (Wildman–Crippen LogP) is 3.82. The van der Waals surface area contributed by atoms with Crippen LogP contribution in [0, 0.1) is 12.7 Å². The molecule has 1 N–H and O–H groups in total. The molecule has 3 aromatic rings. The Morgan fingerprint density at radius 2 is 1.87 bits per heavy atom. The first-order chi connectivity index (χ1) is 14.7. The average molecular weight is 463 g/mol. The summed E-state index contributed by atoms with van der Waals surface area (Å²) in [5.41, 5.74) is 0.945. The van der Waals surface area contributed by atoms with Crippen LogP contribution in [0.2, 0.25) is 0 Å². The van der Waals surface area contributed by atoms with Crippen molar-refractivity contribution >= 4 is 44.6 Å². The van der Waals surface area contributed by atoms with E-state index in [2.05, 4.69) is 10.1 Å². The number of carbonyl (C=O) groups excluding carboxylic acids is 2. The molecule has 0 spiro atoms. The second kappa shape index (κ2) is 9.27. The highest BCUT2D eigenvalue weighted by Gasteiger charge is 2.30. The number of methoxy groups -OCH3 is 1. The third-order valence-electron chi connectivity index (χ3n) is 4.38. The van der Waals surface area contributed by atoms with E-state index in [1.807, 2.05) is 0 Å². The van der Waals surface area contributed by atoms with E-state index in [4.69, 9.17) is 0 Å². The molecular weight excluding hydrogens is 443 g/mol. The number of hydrogen-bond donors (Lipinski definition) is 1. The summed E-state index contributed by atoms with van der Waals surface area (Å²) in [7, 11) is -2.94. The third kappa shape index (κ3) is 4.92. The SMILES string of the molecule is COC(=O)c1ccc(C)c(NC(=O)CN(c2ccccc2F)S(=O)(=O)c2cccs2)c1. The number of anilines is 2. The van der Waals surface area contributed by atoms with Crippen LogP contribution in [-0.2, 0) is 19.6 Å². The Bertz CT molecular complexity index is 1210. The third-order valence-corrected chi connectivity index (χ3v) is 7.51. The lowest BCUT2D eigenvalue weighted by Gasteiger charge is -2.24. The Balaban J connectivity index is 1.93. The molecule has 0 saturated carbocycles. The summed E-state index contributed by atoms with van der Waals surface area (Å²) < 4.78 is 46.1. The minimum atomic E-state index is -4.18. The molecule has 1 amide bonds. The molecule has 0 saturated heterocycles. The van der Waals surface area contributed by atoms with E-state index in [-0.39, 0.29) is 15.5 Å². The number of thiophene rings is 1. The highest BCUT2D eigenvalue weighted by Crippen LogP contribution is 2.28. The maximum absolute atomic E-state index is 14.4. The quantitative estimate of drug-likeness (QED) is 0.539. The zero-order chi connectivity index (χ0) is 22.6. The maximum Gasteiger partial charge on any atom is 0.337 e. The zero-order valence-corrected chi connectivity index (χ0v) is 18.3. The number of ether oxygens (including phenoxy) is 1. The summed E-state index contributed by atoms with van der Waals surface area (Å²) in [4.78, 5) is 24.5. The lowest BCUT2D eigenvalue weighted by molar-refractivity contribution is -0.114. The van der Waals surface area contributed by atoms with Crippen molar-refractivity contribution in [1.29, 1.82) is 0 Å². The summed E-state index contributed by atoms with van der Waals surface area (Å²) in [6.45, 7) is 1.05. The maximum atomic E-state index is 14.4. The average Bonchev–Trinajstić information content (AvgIpc) is 3.29. The van der Waals surface area contributed by atoms with E-state index in [0.717, 1.165) is 21.7 Å². The van der Waals surface area contributed by atoms with E-state index in [0.29, 0.717) is 11.3 Å². The number of benzene rings is 2. The molecule has 10 heteroatoms. The van der Waals surface area contributed by atoms with E-state index in [9.17, 15) is 22.4 Å². The van der Waals surface area contributed by atoms with Gasteiger partial charge in [0.15, 0.2) is 0 Å². The summed E-state index contributed by atoms with van der Waals surface area (Å²) >= 11 is 0.965. The first kappa shape index (κ1) is 22.4. The molecule has 162 valence electrons. The van der Waals surface area contributed by atoms with Crippen LogP contribution < -0.4 is 9.62 Å². The van der Waals surface area contributed by atoms with Crippen molar-refractivity contribution in [2.75, 3.05) is 23.3 Å². The summed E-state index contributed by atoms with van der Waals surface area (Å²) in [5, 5.41) is 4.17. The molecule has 0 bridgehead atoms. The second-order valence-corrected chi connectivity index (χ2v) is 9.50. The monoisotopic (exact) mass is 462 g/mol. The number of carbonyl (C=O) groups is 2. The van der Waals surface area contributed by atoms with E-state index in [1.54, 1.807) is 30.5 Å². The van der Waals surface area contributed by atoms with Crippen molar-refractivity contribution in [2.24, 2.45) is 0 Å². The van der Waals surface area contributed by atoms with Gasteiger partial charge in [-0.3, -0.25) is 9.10 Å².